The number of hydrogen-bond acceptors (Lipinski definition) is 9. The molecule has 1 saturated heterocycles. The number of rotatable bonds is 6. The van der Waals surface area contributed by atoms with Crippen LogP contribution in [0, 0.1) is 5.92 Å². The third-order valence-corrected chi connectivity index (χ3v) is 11.7. The molecule has 0 unspecified atom stereocenters. The molecule has 2 saturated carbocycles. The Bertz CT molecular complexity index is 1770. The summed E-state index contributed by atoms with van der Waals surface area (Å²) >= 11 is 3.02. The van der Waals surface area contributed by atoms with Crippen LogP contribution >= 0.6 is 22.7 Å². The van der Waals surface area contributed by atoms with Crippen LogP contribution in [-0.2, 0) is 19.1 Å². The van der Waals surface area contributed by atoms with Crippen molar-refractivity contribution >= 4 is 46.9 Å². The van der Waals surface area contributed by atoms with Gasteiger partial charge in [0.15, 0.2) is 0 Å². The second kappa shape index (κ2) is 14.4. The maximum absolute atomic E-state index is 14.4. The minimum Gasteiger partial charge on any atom is -0.446 e. The van der Waals surface area contributed by atoms with E-state index in [1.54, 1.807) is 6.20 Å². The molecule has 0 spiro atoms. The Labute approximate surface area is 292 Å². The van der Waals surface area contributed by atoms with Gasteiger partial charge in [-0.2, -0.15) is 27.8 Å². The number of ether oxygens (including phenoxy) is 1. The van der Waals surface area contributed by atoms with Gasteiger partial charge in [-0.05, 0) is 96.1 Å². The zero-order valence-electron chi connectivity index (χ0n) is 27.3. The molecule has 7 rings (SSSR count). The highest BCUT2D eigenvalue weighted by molar-refractivity contribution is 7.08. The van der Waals surface area contributed by atoms with Crippen molar-refractivity contribution in [1.29, 1.82) is 0 Å². The van der Waals surface area contributed by atoms with E-state index in [1.807, 2.05) is 39.7 Å². The zero-order chi connectivity index (χ0) is 34.0. The number of aldehydes is 1. The third-order valence-electron chi connectivity index (χ3n) is 10.4. The first kappa shape index (κ1) is 33.4. The molecular weight excluding hydrogens is 663 g/mol. The molecule has 3 amide bonds. The standard InChI is InChI=1S/C36H41N5O6S2/c42-22-36-17-25(36)8-4-2-1-3-5-11-29(38-35(46)47-27-9-6-7-10-27)33(44)40-19-26(16-30(40)32(43)39-36)41-34(45)31(24-13-15-49-21-24)28(18-37-41)23-12-14-48-20-23/h4,8,12-15,18,20-22,25-27,29-30H,1-3,5-7,9-11,16-17,19H2,(H,38,46)(H,39,43)/b8-4-/t25-,26-,29+,30+,36+/m1/s1. The Kier molecular flexibility index (Phi) is 9.82. The number of nitrogens with one attached hydrogen (secondary N) is 2. The van der Waals surface area contributed by atoms with Crippen molar-refractivity contribution in [2.45, 2.75) is 100 Å². The van der Waals surface area contributed by atoms with Gasteiger partial charge in [0.05, 0.1) is 17.8 Å². The number of alkyl carbamates (subject to hydrolysis) is 1. The molecule has 258 valence electrons. The normalized spacial score (nSPS) is 28.4. The number of nitrogens with zero attached hydrogens (tertiary/aromatic N) is 3. The van der Waals surface area contributed by atoms with E-state index in [0.29, 0.717) is 30.4 Å². The smallest absolute Gasteiger partial charge is 0.408 e. The molecule has 2 N–H and O–H groups in total. The fraction of sp³-hybridized carbons (Fsp3) is 0.500. The average molecular weight is 704 g/mol. The van der Waals surface area contributed by atoms with E-state index < -0.39 is 41.6 Å². The minimum absolute atomic E-state index is 0.0397. The van der Waals surface area contributed by atoms with Gasteiger partial charge < -0.3 is 25.1 Å². The van der Waals surface area contributed by atoms with Crippen LogP contribution in [0.3, 0.4) is 0 Å². The molecule has 0 bridgehead atoms. The second-order valence-corrected chi connectivity index (χ2v) is 15.2. The van der Waals surface area contributed by atoms with E-state index in [4.69, 9.17) is 4.74 Å². The molecule has 3 fully saturated rings. The molecule has 5 atom stereocenters. The number of aromatic nitrogens is 2. The Morgan fingerprint density at radius 1 is 1.02 bits per heavy atom. The molecule has 2 aliphatic carbocycles. The lowest BCUT2D eigenvalue weighted by molar-refractivity contribution is -0.140. The number of hydrogen-bond donors (Lipinski definition) is 2. The quantitative estimate of drug-likeness (QED) is 0.256. The summed E-state index contributed by atoms with van der Waals surface area (Å²) in [6.45, 7) is 0.0397. The Morgan fingerprint density at radius 2 is 1.78 bits per heavy atom. The van der Waals surface area contributed by atoms with Crippen LogP contribution in [0.4, 0.5) is 4.79 Å². The Morgan fingerprint density at radius 3 is 2.51 bits per heavy atom. The van der Waals surface area contributed by atoms with Crippen LogP contribution in [0.15, 0.2) is 56.8 Å². The van der Waals surface area contributed by atoms with Gasteiger partial charge in [-0.25, -0.2) is 9.48 Å². The lowest BCUT2D eigenvalue weighted by atomic mass is 10.0. The molecule has 0 aromatic carbocycles. The molecule has 11 nitrogen and oxygen atoms in total. The number of fused-ring (bicyclic) bond motifs is 2. The maximum atomic E-state index is 14.4. The summed E-state index contributed by atoms with van der Waals surface area (Å²) < 4.78 is 7.06. The predicted octanol–water partition coefficient (Wildman–Crippen LogP) is 5.47. The van der Waals surface area contributed by atoms with E-state index in [9.17, 15) is 24.0 Å². The average Bonchev–Trinajstić information content (AvgIpc) is 3.79. The summed E-state index contributed by atoms with van der Waals surface area (Å²) in [5, 5.41) is 18.2. The number of thiophene rings is 2. The summed E-state index contributed by atoms with van der Waals surface area (Å²) in [4.78, 5) is 69.6. The summed E-state index contributed by atoms with van der Waals surface area (Å²) in [5.41, 5.74) is 1.56. The van der Waals surface area contributed by atoms with E-state index in [2.05, 4.69) is 21.8 Å². The molecule has 3 aromatic rings. The topological polar surface area (TPSA) is 140 Å². The molecule has 4 aliphatic rings. The fourth-order valence-corrected chi connectivity index (χ4v) is 8.84. The summed E-state index contributed by atoms with van der Waals surface area (Å²) in [6, 6.07) is 1.34. The van der Waals surface area contributed by atoms with Gasteiger partial charge in [-0.3, -0.25) is 14.4 Å². The molecule has 5 heterocycles. The van der Waals surface area contributed by atoms with Crippen molar-refractivity contribution in [3.05, 3.63) is 62.4 Å². The van der Waals surface area contributed by atoms with Crippen LogP contribution < -0.4 is 16.2 Å². The predicted molar refractivity (Wildman–Crippen MR) is 187 cm³/mol. The SMILES string of the molecule is O=C[C@@]12C[C@H]1/C=C\CCCCC[C@H](NC(=O)OC1CCCC1)C(=O)N1C[C@H](n3ncc(-c4ccsc4)c(-c4ccsc4)c3=O)C[C@H]1C(=O)N2. The van der Waals surface area contributed by atoms with E-state index in [1.165, 1.54) is 32.3 Å². The number of amides is 3. The lowest BCUT2D eigenvalue weighted by Gasteiger charge is -2.29. The van der Waals surface area contributed by atoms with Gasteiger partial charge in [0.1, 0.15) is 30.0 Å². The summed E-state index contributed by atoms with van der Waals surface area (Å²) in [7, 11) is 0. The summed E-state index contributed by atoms with van der Waals surface area (Å²) in [6.07, 6.45) is 13.6. The molecule has 2 aliphatic heterocycles. The monoisotopic (exact) mass is 703 g/mol. The highest BCUT2D eigenvalue weighted by Gasteiger charge is 2.56. The van der Waals surface area contributed by atoms with Crippen molar-refractivity contribution in [1.82, 2.24) is 25.3 Å². The number of allylic oxidation sites excluding steroid dienone is 1. The largest absolute Gasteiger partial charge is 0.446 e. The van der Waals surface area contributed by atoms with Crippen molar-refractivity contribution in [3.8, 4) is 22.3 Å². The van der Waals surface area contributed by atoms with E-state index in [-0.39, 0.29) is 30.5 Å². The van der Waals surface area contributed by atoms with Crippen LogP contribution in [0.25, 0.3) is 22.3 Å². The maximum Gasteiger partial charge on any atom is 0.408 e. The Balaban J connectivity index is 1.22. The Hall–Kier alpha value is -4.10. The van der Waals surface area contributed by atoms with Crippen molar-refractivity contribution in [2.24, 2.45) is 5.92 Å². The molecule has 49 heavy (non-hydrogen) atoms. The molecule has 13 heteroatoms. The van der Waals surface area contributed by atoms with Gasteiger partial charge >= 0.3 is 6.09 Å². The van der Waals surface area contributed by atoms with Gasteiger partial charge in [0.25, 0.3) is 5.56 Å². The highest BCUT2D eigenvalue weighted by Crippen LogP contribution is 2.44. The highest BCUT2D eigenvalue weighted by atomic mass is 32.1. The van der Waals surface area contributed by atoms with E-state index in [0.717, 1.165) is 62.4 Å². The van der Waals surface area contributed by atoms with Gasteiger partial charge in [0, 0.05) is 24.4 Å². The van der Waals surface area contributed by atoms with Gasteiger partial charge in [0.2, 0.25) is 11.8 Å². The first-order valence-corrected chi connectivity index (χ1v) is 19.1. The third kappa shape index (κ3) is 7.00. The van der Waals surface area contributed by atoms with Gasteiger partial charge in [-0.15, -0.1) is 0 Å². The molecular formula is C36H41N5O6S2. The molecule has 3 aromatic heterocycles. The van der Waals surface area contributed by atoms with Crippen LogP contribution in [0.2, 0.25) is 0 Å². The number of carbonyl (C=O) groups excluding carboxylic acids is 4. The first-order valence-electron chi connectivity index (χ1n) is 17.3. The summed E-state index contributed by atoms with van der Waals surface area (Å²) in [5.74, 6) is -0.975. The van der Waals surface area contributed by atoms with Crippen molar-refractivity contribution < 1.29 is 23.9 Å². The van der Waals surface area contributed by atoms with Crippen molar-refractivity contribution in [2.75, 3.05) is 6.54 Å². The first-order chi connectivity index (χ1) is 23.9. The van der Waals surface area contributed by atoms with Crippen LogP contribution in [0.1, 0.15) is 76.7 Å². The fourth-order valence-electron chi connectivity index (χ4n) is 7.54. The lowest BCUT2D eigenvalue weighted by Crippen LogP contribution is -2.55. The van der Waals surface area contributed by atoms with Crippen LogP contribution in [-0.4, -0.2) is 69.1 Å². The van der Waals surface area contributed by atoms with Crippen molar-refractivity contribution in [3.63, 3.8) is 0 Å². The zero-order valence-corrected chi connectivity index (χ0v) is 28.9. The molecule has 0 radical (unpaired) electrons. The van der Waals surface area contributed by atoms with Gasteiger partial charge in [-0.1, -0.05) is 25.0 Å². The number of carbonyl (C=O) groups is 4. The second-order valence-electron chi connectivity index (χ2n) is 13.6. The minimum atomic E-state index is -1.02. The van der Waals surface area contributed by atoms with Crippen LogP contribution in [0.5, 0.6) is 0 Å². The van der Waals surface area contributed by atoms with E-state index >= 15 is 0 Å².